The van der Waals surface area contributed by atoms with Crippen LogP contribution >= 0.6 is 0 Å². The van der Waals surface area contributed by atoms with Crippen LogP contribution in [0.1, 0.15) is 68.1 Å². The molecule has 0 unspecified atom stereocenters. The molecule has 5 heteroatoms. The van der Waals surface area contributed by atoms with E-state index >= 15 is 0 Å². The van der Waals surface area contributed by atoms with Crippen LogP contribution in [0.5, 0.6) is 5.75 Å². The molecule has 1 saturated carbocycles. The van der Waals surface area contributed by atoms with E-state index in [1.807, 2.05) is 67.6 Å². The lowest BCUT2D eigenvalue weighted by Crippen LogP contribution is -2.51. The van der Waals surface area contributed by atoms with Gasteiger partial charge < -0.3 is 15.0 Å². The minimum atomic E-state index is -0.526. The molecule has 3 aromatic carbocycles. The second kappa shape index (κ2) is 13.1. The van der Waals surface area contributed by atoms with E-state index in [4.69, 9.17) is 4.74 Å². The first-order valence-electron chi connectivity index (χ1n) is 13.4. The Balaban J connectivity index is 1.62. The van der Waals surface area contributed by atoms with Crippen LogP contribution in [0.2, 0.25) is 0 Å². The summed E-state index contributed by atoms with van der Waals surface area (Å²) in [5, 5.41) is 3.23. The second-order valence-corrected chi connectivity index (χ2v) is 9.86. The van der Waals surface area contributed by atoms with Crippen LogP contribution in [0, 0.1) is 0 Å². The lowest BCUT2D eigenvalue weighted by molar-refractivity contribution is -0.141. The molecular formula is C32H38N2O3. The van der Waals surface area contributed by atoms with Crippen molar-refractivity contribution in [2.24, 2.45) is 0 Å². The largest absolute Gasteiger partial charge is 0.497 e. The third kappa shape index (κ3) is 7.00. The highest BCUT2D eigenvalue weighted by Gasteiger charge is 2.32. The Morgan fingerprint density at radius 2 is 1.46 bits per heavy atom. The molecule has 2 amide bonds. The average molecular weight is 499 g/mol. The van der Waals surface area contributed by atoms with Crippen molar-refractivity contribution in [2.45, 2.75) is 70.0 Å². The van der Waals surface area contributed by atoms with Gasteiger partial charge in [0.25, 0.3) is 0 Å². The zero-order chi connectivity index (χ0) is 26.0. The Hall–Kier alpha value is -3.60. The van der Waals surface area contributed by atoms with Gasteiger partial charge in [-0.2, -0.15) is 0 Å². The van der Waals surface area contributed by atoms with Gasteiger partial charge in [-0.05, 0) is 48.1 Å². The van der Waals surface area contributed by atoms with Crippen molar-refractivity contribution in [3.05, 3.63) is 102 Å². The number of rotatable bonds is 11. The van der Waals surface area contributed by atoms with Crippen LogP contribution in [-0.4, -0.2) is 35.9 Å². The van der Waals surface area contributed by atoms with E-state index in [-0.39, 0.29) is 30.2 Å². The van der Waals surface area contributed by atoms with Gasteiger partial charge in [0.05, 0.1) is 7.11 Å². The third-order valence-electron chi connectivity index (χ3n) is 7.38. The van der Waals surface area contributed by atoms with Crippen LogP contribution in [0.3, 0.4) is 0 Å². The van der Waals surface area contributed by atoms with E-state index in [9.17, 15) is 9.59 Å². The van der Waals surface area contributed by atoms with Crippen molar-refractivity contribution >= 4 is 11.8 Å². The Morgan fingerprint density at radius 3 is 1.97 bits per heavy atom. The lowest BCUT2D eigenvalue weighted by atomic mass is 9.88. The Kier molecular flexibility index (Phi) is 9.36. The van der Waals surface area contributed by atoms with Gasteiger partial charge in [0.1, 0.15) is 11.8 Å². The highest BCUT2D eigenvalue weighted by atomic mass is 16.5. The molecule has 194 valence electrons. The van der Waals surface area contributed by atoms with E-state index in [0.717, 1.165) is 48.1 Å². The highest BCUT2D eigenvalue weighted by Crippen LogP contribution is 2.30. The maximum Gasteiger partial charge on any atom is 0.243 e. The average Bonchev–Trinajstić information content (AvgIpc) is 3.46. The van der Waals surface area contributed by atoms with E-state index in [1.165, 1.54) is 0 Å². The van der Waals surface area contributed by atoms with Gasteiger partial charge in [-0.1, -0.05) is 92.6 Å². The molecule has 3 aromatic rings. The first-order chi connectivity index (χ1) is 18.1. The third-order valence-corrected chi connectivity index (χ3v) is 7.38. The molecule has 0 radical (unpaired) electrons. The van der Waals surface area contributed by atoms with Crippen LogP contribution in [0.4, 0.5) is 0 Å². The van der Waals surface area contributed by atoms with E-state index in [0.29, 0.717) is 13.0 Å². The standard InChI is InChI=1S/C32H38N2O3/c1-3-30(32(36)33-27-16-10-11-17-27)34(23-24-18-20-28(37-2)21-19-24)31(35)22-29(25-12-6-4-7-13-25)26-14-8-5-9-15-26/h4-9,12-15,18-21,27,29-30H,3,10-11,16-17,22-23H2,1-2H3,(H,33,36)/t30-/m0/s1. The monoisotopic (exact) mass is 498 g/mol. The molecule has 0 heterocycles. The molecule has 0 bridgehead atoms. The molecular weight excluding hydrogens is 460 g/mol. The van der Waals surface area contributed by atoms with Crippen molar-refractivity contribution in [1.29, 1.82) is 0 Å². The molecule has 5 nitrogen and oxygen atoms in total. The summed E-state index contributed by atoms with van der Waals surface area (Å²) in [7, 11) is 1.64. The molecule has 1 aliphatic rings. The Labute approximate surface area is 220 Å². The number of hydrogen-bond donors (Lipinski definition) is 1. The fourth-order valence-electron chi connectivity index (χ4n) is 5.31. The first kappa shape index (κ1) is 26.5. The van der Waals surface area contributed by atoms with Crippen LogP contribution in [0.25, 0.3) is 0 Å². The van der Waals surface area contributed by atoms with Crippen LogP contribution in [0.15, 0.2) is 84.9 Å². The van der Waals surface area contributed by atoms with Crippen molar-refractivity contribution in [1.82, 2.24) is 10.2 Å². The Bertz CT molecular complexity index is 1090. The number of carbonyl (C=O) groups excluding carboxylic acids is 2. The fourth-order valence-corrected chi connectivity index (χ4v) is 5.31. The molecule has 1 aliphatic carbocycles. The molecule has 0 aromatic heterocycles. The van der Waals surface area contributed by atoms with Gasteiger partial charge in [0.2, 0.25) is 11.8 Å². The summed E-state index contributed by atoms with van der Waals surface area (Å²) in [6, 6.07) is 27.7. The summed E-state index contributed by atoms with van der Waals surface area (Å²) in [5.41, 5.74) is 3.15. The quantitative estimate of drug-likeness (QED) is 0.348. The predicted molar refractivity (Wildman–Crippen MR) is 147 cm³/mol. The molecule has 0 saturated heterocycles. The van der Waals surface area contributed by atoms with Gasteiger partial charge in [0, 0.05) is 24.9 Å². The maximum absolute atomic E-state index is 14.1. The van der Waals surface area contributed by atoms with Gasteiger partial charge in [0.15, 0.2) is 0 Å². The number of nitrogens with zero attached hydrogens (tertiary/aromatic N) is 1. The molecule has 0 aliphatic heterocycles. The number of hydrogen-bond acceptors (Lipinski definition) is 3. The minimum Gasteiger partial charge on any atom is -0.497 e. The fraction of sp³-hybridized carbons (Fsp3) is 0.375. The summed E-state index contributed by atoms with van der Waals surface area (Å²) in [5.74, 6) is 0.596. The van der Waals surface area contributed by atoms with E-state index in [2.05, 4.69) is 29.6 Å². The number of amides is 2. The smallest absolute Gasteiger partial charge is 0.243 e. The first-order valence-corrected chi connectivity index (χ1v) is 13.4. The summed E-state index contributed by atoms with van der Waals surface area (Å²) >= 11 is 0. The van der Waals surface area contributed by atoms with E-state index in [1.54, 1.807) is 12.0 Å². The van der Waals surface area contributed by atoms with Gasteiger partial charge in [-0.25, -0.2) is 0 Å². The summed E-state index contributed by atoms with van der Waals surface area (Å²) in [4.78, 5) is 29.3. The number of nitrogens with one attached hydrogen (secondary N) is 1. The predicted octanol–water partition coefficient (Wildman–Crippen LogP) is 6.08. The molecule has 37 heavy (non-hydrogen) atoms. The number of carbonyl (C=O) groups is 2. The second-order valence-electron chi connectivity index (χ2n) is 9.86. The van der Waals surface area contributed by atoms with E-state index < -0.39 is 6.04 Å². The van der Waals surface area contributed by atoms with Crippen LogP contribution in [-0.2, 0) is 16.1 Å². The van der Waals surface area contributed by atoms with Crippen LogP contribution < -0.4 is 10.1 Å². The SMILES string of the molecule is CC[C@@H](C(=O)NC1CCCC1)N(Cc1ccc(OC)cc1)C(=O)CC(c1ccccc1)c1ccccc1. The van der Waals surface area contributed by atoms with Gasteiger partial charge in [-0.15, -0.1) is 0 Å². The molecule has 1 atom stereocenters. The highest BCUT2D eigenvalue weighted by molar-refractivity contribution is 5.88. The summed E-state index contributed by atoms with van der Waals surface area (Å²) in [6.45, 7) is 2.36. The Morgan fingerprint density at radius 1 is 0.892 bits per heavy atom. The summed E-state index contributed by atoms with van der Waals surface area (Å²) in [6.07, 6.45) is 5.16. The number of ether oxygens (including phenoxy) is 1. The van der Waals surface area contributed by atoms with Crippen molar-refractivity contribution in [2.75, 3.05) is 7.11 Å². The topological polar surface area (TPSA) is 58.6 Å². The maximum atomic E-state index is 14.1. The molecule has 1 fully saturated rings. The lowest BCUT2D eigenvalue weighted by Gasteiger charge is -2.33. The molecule has 0 spiro atoms. The minimum absolute atomic E-state index is 0.0260. The van der Waals surface area contributed by atoms with Crippen molar-refractivity contribution < 1.29 is 14.3 Å². The normalized spacial score (nSPS) is 14.4. The number of methoxy groups -OCH3 is 1. The van der Waals surface area contributed by atoms with Gasteiger partial charge in [-0.3, -0.25) is 9.59 Å². The zero-order valence-corrected chi connectivity index (χ0v) is 21.9. The zero-order valence-electron chi connectivity index (χ0n) is 21.9. The summed E-state index contributed by atoms with van der Waals surface area (Å²) < 4.78 is 5.31. The van der Waals surface area contributed by atoms with Crippen molar-refractivity contribution in [3.8, 4) is 5.75 Å². The molecule has 4 rings (SSSR count). The molecule has 1 N–H and O–H groups in total. The van der Waals surface area contributed by atoms with Gasteiger partial charge >= 0.3 is 0 Å². The van der Waals surface area contributed by atoms with Crippen molar-refractivity contribution in [3.63, 3.8) is 0 Å². The number of benzene rings is 3.